The zero-order valence-electron chi connectivity index (χ0n) is 15.1. The molecule has 26 heavy (non-hydrogen) atoms. The van der Waals surface area contributed by atoms with Crippen LogP contribution >= 0.6 is 11.8 Å². The van der Waals surface area contributed by atoms with Crippen LogP contribution in [0.15, 0.2) is 0 Å². The molecule has 10 heteroatoms. The molecule has 0 radical (unpaired) electrons. The van der Waals surface area contributed by atoms with Crippen molar-refractivity contribution in [2.24, 2.45) is 0 Å². The summed E-state index contributed by atoms with van der Waals surface area (Å²) in [7, 11) is 0. The second-order valence-electron chi connectivity index (χ2n) is 6.42. The Morgan fingerprint density at radius 1 is 1.15 bits per heavy atom. The van der Waals surface area contributed by atoms with Gasteiger partial charge in [0, 0.05) is 12.2 Å². The number of aliphatic hydroxyl groups excluding tert-OH is 6. The Bertz CT molecular complexity index is 427. The Balaban J connectivity index is 2.75. The standard InChI is InChI=1S/C16H31NO8S/c1-3-5-11(20)17-8(12(21)9(19)4-2)7-26-16-15(24)14(23)13(22)10(6-18)25-16/h8-10,12-16,18-19,21-24H,3-7H2,1-2H3,(H,17,20)/t8-,9+,10?,12-,13-,14?,15?,16+/m0/s1. The molecule has 154 valence electrons. The van der Waals surface area contributed by atoms with Gasteiger partial charge in [0.1, 0.15) is 36.0 Å². The highest BCUT2D eigenvalue weighted by atomic mass is 32.2. The quantitative estimate of drug-likeness (QED) is 0.220. The molecule has 1 rings (SSSR count). The van der Waals surface area contributed by atoms with Crippen LogP contribution in [0.4, 0.5) is 0 Å². The van der Waals surface area contributed by atoms with Crippen molar-refractivity contribution >= 4 is 17.7 Å². The normalized spacial score (nSPS) is 32.7. The molecule has 1 aliphatic heterocycles. The van der Waals surface area contributed by atoms with Gasteiger partial charge in [-0.3, -0.25) is 4.79 Å². The van der Waals surface area contributed by atoms with Crippen LogP contribution in [0.25, 0.3) is 0 Å². The lowest BCUT2D eigenvalue weighted by Gasteiger charge is -2.40. The first-order chi connectivity index (χ1) is 12.3. The van der Waals surface area contributed by atoms with Gasteiger partial charge in [-0.2, -0.15) is 0 Å². The van der Waals surface area contributed by atoms with E-state index in [1.807, 2.05) is 6.92 Å². The number of aliphatic hydroxyl groups is 6. The molecule has 1 amide bonds. The summed E-state index contributed by atoms with van der Waals surface area (Å²) in [4.78, 5) is 11.9. The summed E-state index contributed by atoms with van der Waals surface area (Å²) in [6, 6.07) is -0.790. The van der Waals surface area contributed by atoms with Gasteiger partial charge in [0.05, 0.1) is 18.8 Å². The van der Waals surface area contributed by atoms with Crippen molar-refractivity contribution in [2.45, 2.75) is 81.2 Å². The Labute approximate surface area is 157 Å². The van der Waals surface area contributed by atoms with Gasteiger partial charge in [-0.05, 0) is 12.8 Å². The second-order valence-corrected chi connectivity index (χ2v) is 7.55. The molecule has 0 aromatic carbocycles. The number of amides is 1. The van der Waals surface area contributed by atoms with E-state index >= 15 is 0 Å². The number of carbonyl (C=O) groups is 1. The van der Waals surface area contributed by atoms with E-state index in [2.05, 4.69) is 5.32 Å². The van der Waals surface area contributed by atoms with E-state index in [4.69, 9.17) is 4.74 Å². The summed E-state index contributed by atoms with van der Waals surface area (Å²) in [5.74, 6) is -0.176. The van der Waals surface area contributed by atoms with Gasteiger partial charge in [-0.25, -0.2) is 0 Å². The molecule has 3 unspecified atom stereocenters. The van der Waals surface area contributed by atoms with Gasteiger partial charge >= 0.3 is 0 Å². The summed E-state index contributed by atoms with van der Waals surface area (Å²) in [6.45, 7) is 3.01. The fraction of sp³-hybridized carbons (Fsp3) is 0.938. The van der Waals surface area contributed by atoms with E-state index in [1.54, 1.807) is 6.92 Å². The lowest BCUT2D eigenvalue weighted by Crippen LogP contribution is -2.58. The molecule has 1 heterocycles. The van der Waals surface area contributed by atoms with Crippen LogP contribution in [0.1, 0.15) is 33.1 Å². The first-order valence-corrected chi connectivity index (χ1v) is 9.89. The maximum Gasteiger partial charge on any atom is 0.220 e. The van der Waals surface area contributed by atoms with E-state index in [0.717, 1.165) is 11.8 Å². The Hall–Kier alpha value is -0.460. The van der Waals surface area contributed by atoms with Gasteiger partial charge in [0.25, 0.3) is 0 Å². The van der Waals surface area contributed by atoms with Gasteiger partial charge < -0.3 is 40.7 Å². The molecule has 0 saturated carbocycles. The van der Waals surface area contributed by atoms with Crippen LogP contribution < -0.4 is 5.32 Å². The number of carbonyl (C=O) groups excluding carboxylic acids is 1. The van der Waals surface area contributed by atoms with Crippen LogP contribution in [-0.2, 0) is 9.53 Å². The Kier molecular flexibility index (Phi) is 10.3. The maximum absolute atomic E-state index is 11.9. The maximum atomic E-state index is 11.9. The number of hydrogen-bond acceptors (Lipinski definition) is 9. The Morgan fingerprint density at radius 2 is 1.81 bits per heavy atom. The topological polar surface area (TPSA) is 160 Å². The molecule has 1 fully saturated rings. The van der Waals surface area contributed by atoms with Crippen molar-refractivity contribution in [3.05, 3.63) is 0 Å². The lowest BCUT2D eigenvalue weighted by atomic mass is 10.0. The number of nitrogens with one attached hydrogen (secondary N) is 1. The average molecular weight is 397 g/mol. The number of rotatable bonds is 10. The third-order valence-electron chi connectivity index (χ3n) is 4.34. The monoisotopic (exact) mass is 397 g/mol. The van der Waals surface area contributed by atoms with Gasteiger partial charge in [-0.15, -0.1) is 11.8 Å². The molecule has 1 aliphatic rings. The molecule has 8 atom stereocenters. The molecule has 0 aromatic heterocycles. The van der Waals surface area contributed by atoms with Gasteiger partial charge in [-0.1, -0.05) is 13.8 Å². The molecule has 0 aromatic rings. The number of ether oxygens (including phenoxy) is 1. The SMILES string of the molecule is CCCC(=O)N[C@@H](CS[C@H]1OC(CO)[C@H](O)C(O)C1O)[C@H](O)[C@H](O)CC. The molecular weight excluding hydrogens is 366 g/mol. The van der Waals surface area contributed by atoms with Gasteiger partial charge in [0.2, 0.25) is 5.91 Å². The van der Waals surface area contributed by atoms with E-state index in [9.17, 15) is 35.4 Å². The molecule has 1 saturated heterocycles. The van der Waals surface area contributed by atoms with E-state index in [-0.39, 0.29) is 18.1 Å². The van der Waals surface area contributed by atoms with Crippen molar-refractivity contribution in [3.8, 4) is 0 Å². The summed E-state index contributed by atoms with van der Waals surface area (Å²) < 4.78 is 5.40. The average Bonchev–Trinajstić information content (AvgIpc) is 2.63. The van der Waals surface area contributed by atoms with E-state index < -0.39 is 54.7 Å². The van der Waals surface area contributed by atoms with Gasteiger partial charge in [0.15, 0.2) is 0 Å². The zero-order chi connectivity index (χ0) is 19.9. The smallest absolute Gasteiger partial charge is 0.220 e. The molecule has 9 nitrogen and oxygen atoms in total. The van der Waals surface area contributed by atoms with E-state index in [1.165, 1.54) is 0 Å². The second kappa shape index (κ2) is 11.4. The first kappa shape index (κ1) is 23.6. The third kappa shape index (κ3) is 6.31. The summed E-state index contributed by atoms with van der Waals surface area (Å²) in [5, 5.41) is 61.7. The highest BCUT2D eigenvalue weighted by Crippen LogP contribution is 2.29. The number of thioether (sulfide) groups is 1. The molecule has 0 bridgehead atoms. The van der Waals surface area contributed by atoms with Crippen LogP contribution in [-0.4, -0.2) is 97.0 Å². The zero-order valence-corrected chi connectivity index (χ0v) is 15.9. The highest BCUT2D eigenvalue weighted by Gasteiger charge is 2.44. The van der Waals surface area contributed by atoms with Crippen molar-refractivity contribution in [2.75, 3.05) is 12.4 Å². The Morgan fingerprint density at radius 3 is 2.35 bits per heavy atom. The van der Waals surface area contributed by atoms with Crippen LogP contribution in [0.5, 0.6) is 0 Å². The van der Waals surface area contributed by atoms with Crippen molar-refractivity contribution in [3.63, 3.8) is 0 Å². The minimum Gasteiger partial charge on any atom is -0.394 e. The predicted octanol–water partition coefficient (Wildman–Crippen LogP) is -2.06. The summed E-state index contributed by atoms with van der Waals surface area (Å²) in [6.07, 6.45) is -6.40. The summed E-state index contributed by atoms with van der Waals surface area (Å²) >= 11 is 1.01. The van der Waals surface area contributed by atoms with Crippen molar-refractivity contribution in [1.82, 2.24) is 5.32 Å². The molecular formula is C16H31NO8S. The lowest BCUT2D eigenvalue weighted by molar-refractivity contribution is -0.205. The highest BCUT2D eigenvalue weighted by molar-refractivity contribution is 7.99. The molecule has 7 N–H and O–H groups in total. The van der Waals surface area contributed by atoms with E-state index in [0.29, 0.717) is 12.8 Å². The largest absolute Gasteiger partial charge is 0.394 e. The van der Waals surface area contributed by atoms with Crippen LogP contribution in [0.3, 0.4) is 0 Å². The fourth-order valence-corrected chi connectivity index (χ4v) is 3.90. The van der Waals surface area contributed by atoms with Crippen molar-refractivity contribution < 1.29 is 40.2 Å². The molecule has 0 spiro atoms. The first-order valence-electron chi connectivity index (χ1n) is 8.84. The van der Waals surface area contributed by atoms with Crippen molar-refractivity contribution in [1.29, 1.82) is 0 Å². The molecule has 0 aliphatic carbocycles. The summed E-state index contributed by atoms with van der Waals surface area (Å²) in [5.41, 5.74) is -0.970. The minimum absolute atomic E-state index is 0.0936. The minimum atomic E-state index is -1.49. The van der Waals surface area contributed by atoms with Crippen LogP contribution in [0, 0.1) is 0 Å². The third-order valence-corrected chi connectivity index (χ3v) is 5.61. The fourth-order valence-electron chi connectivity index (χ4n) is 2.64. The predicted molar refractivity (Wildman–Crippen MR) is 95.4 cm³/mol. The van der Waals surface area contributed by atoms with Crippen LogP contribution in [0.2, 0.25) is 0 Å². The number of hydrogen-bond donors (Lipinski definition) is 7.